The predicted molar refractivity (Wildman–Crippen MR) is 85.6 cm³/mol. The molecule has 0 spiro atoms. The minimum Gasteiger partial charge on any atom is -0.550 e. The Morgan fingerprint density at radius 2 is 1.54 bits per heavy atom. The van der Waals surface area contributed by atoms with E-state index in [-0.39, 0.29) is 11.7 Å². The normalized spacial score (nSPS) is 24.7. The Hall–Kier alpha value is -2.11. The predicted octanol–water partition coefficient (Wildman–Crippen LogP) is 1.03. The Kier molecular flexibility index (Phi) is 5.02. The molecule has 1 saturated carbocycles. The SMILES string of the molecule is O=C([O-])[C@H]1CCCC[C@@H]1C(=O)N1CCN(c2ccc(F)cc2)CC1. The van der Waals surface area contributed by atoms with Crippen LogP contribution in [0.4, 0.5) is 10.1 Å². The number of aliphatic carboxylic acids is 1. The molecule has 1 aromatic carbocycles. The Labute approximate surface area is 141 Å². The number of nitrogens with zero attached hydrogens (tertiary/aromatic N) is 2. The van der Waals surface area contributed by atoms with E-state index in [4.69, 9.17) is 0 Å². The van der Waals surface area contributed by atoms with Crippen LogP contribution in [-0.2, 0) is 9.59 Å². The summed E-state index contributed by atoms with van der Waals surface area (Å²) in [5, 5.41) is 11.3. The van der Waals surface area contributed by atoms with Crippen molar-refractivity contribution in [1.29, 1.82) is 0 Å². The van der Waals surface area contributed by atoms with Crippen LogP contribution < -0.4 is 10.0 Å². The molecule has 2 atom stereocenters. The summed E-state index contributed by atoms with van der Waals surface area (Å²) in [6.45, 7) is 2.46. The zero-order valence-corrected chi connectivity index (χ0v) is 13.6. The monoisotopic (exact) mass is 333 g/mol. The van der Waals surface area contributed by atoms with Crippen molar-refractivity contribution in [3.63, 3.8) is 0 Å². The smallest absolute Gasteiger partial charge is 0.226 e. The molecule has 2 fully saturated rings. The van der Waals surface area contributed by atoms with Crippen molar-refractivity contribution in [3.8, 4) is 0 Å². The lowest BCUT2D eigenvalue weighted by molar-refractivity contribution is -0.314. The van der Waals surface area contributed by atoms with Crippen LogP contribution in [0.15, 0.2) is 24.3 Å². The molecule has 1 aliphatic carbocycles. The maximum atomic E-state index is 13.0. The second kappa shape index (κ2) is 7.20. The fourth-order valence-corrected chi connectivity index (χ4v) is 3.78. The van der Waals surface area contributed by atoms with Crippen molar-refractivity contribution in [2.75, 3.05) is 31.1 Å². The number of carbonyl (C=O) groups is 2. The van der Waals surface area contributed by atoms with E-state index in [0.717, 1.165) is 18.5 Å². The number of carboxylic acid groups (broad SMARTS) is 1. The fraction of sp³-hybridized carbons (Fsp3) is 0.556. The van der Waals surface area contributed by atoms with Gasteiger partial charge in [0.1, 0.15) is 5.82 Å². The number of piperazine rings is 1. The van der Waals surface area contributed by atoms with Gasteiger partial charge in [-0.2, -0.15) is 0 Å². The number of amides is 1. The molecule has 1 aliphatic heterocycles. The van der Waals surface area contributed by atoms with Gasteiger partial charge in [-0.25, -0.2) is 4.39 Å². The Morgan fingerprint density at radius 3 is 2.12 bits per heavy atom. The van der Waals surface area contributed by atoms with Gasteiger partial charge >= 0.3 is 0 Å². The van der Waals surface area contributed by atoms with Gasteiger partial charge in [0.2, 0.25) is 5.91 Å². The third-order valence-electron chi connectivity index (χ3n) is 5.17. The van der Waals surface area contributed by atoms with Gasteiger partial charge in [0.15, 0.2) is 0 Å². The lowest BCUT2D eigenvalue weighted by Crippen LogP contribution is -2.53. The summed E-state index contributed by atoms with van der Waals surface area (Å²) in [5.74, 6) is -2.51. The lowest BCUT2D eigenvalue weighted by atomic mass is 9.78. The molecule has 1 saturated heterocycles. The standard InChI is InChI=1S/C18H23FN2O3/c19-13-5-7-14(8-6-13)20-9-11-21(12-10-20)17(22)15-3-1-2-4-16(15)18(23)24/h5-8,15-16H,1-4,9-12H2,(H,23,24)/p-1/t15-,16-/m0/s1. The van der Waals surface area contributed by atoms with E-state index in [1.54, 1.807) is 17.0 Å². The highest BCUT2D eigenvalue weighted by molar-refractivity contribution is 5.84. The van der Waals surface area contributed by atoms with E-state index in [0.29, 0.717) is 39.0 Å². The molecule has 5 nitrogen and oxygen atoms in total. The summed E-state index contributed by atoms with van der Waals surface area (Å²) in [4.78, 5) is 27.9. The Balaban J connectivity index is 1.60. The van der Waals surface area contributed by atoms with Crippen molar-refractivity contribution in [1.82, 2.24) is 4.90 Å². The molecule has 1 aromatic rings. The number of hydrogen-bond donors (Lipinski definition) is 0. The second-order valence-electron chi connectivity index (χ2n) is 6.61. The van der Waals surface area contributed by atoms with Crippen LogP contribution in [0.2, 0.25) is 0 Å². The van der Waals surface area contributed by atoms with Crippen LogP contribution in [0.25, 0.3) is 0 Å². The topological polar surface area (TPSA) is 63.7 Å². The number of anilines is 1. The first kappa shape index (κ1) is 16.7. The first-order valence-electron chi connectivity index (χ1n) is 8.56. The maximum Gasteiger partial charge on any atom is 0.226 e. The highest BCUT2D eigenvalue weighted by Gasteiger charge is 2.35. The third-order valence-corrected chi connectivity index (χ3v) is 5.17. The van der Waals surface area contributed by atoms with E-state index in [9.17, 15) is 19.1 Å². The molecule has 0 radical (unpaired) electrons. The average molecular weight is 333 g/mol. The number of hydrogen-bond acceptors (Lipinski definition) is 4. The van der Waals surface area contributed by atoms with E-state index in [1.807, 2.05) is 0 Å². The van der Waals surface area contributed by atoms with E-state index in [1.165, 1.54) is 12.1 Å². The van der Waals surface area contributed by atoms with Crippen LogP contribution >= 0.6 is 0 Å². The Morgan fingerprint density at radius 1 is 0.958 bits per heavy atom. The molecule has 0 N–H and O–H groups in total. The molecule has 0 unspecified atom stereocenters. The van der Waals surface area contributed by atoms with Crippen molar-refractivity contribution >= 4 is 17.6 Å². The van der Waals surface area contributed by atoms with Gasteiger partial charge in [0.05, 0.1) is 0 Å². The molecule has 2 aliphatic rings. The van der Waals surface area contributed by atoms with Crippen molar-refractivity contribution < 1.29 is 19.1 Å². The number of carbonyl (C=O) groups excluding carboxylic acids is 2. The van der Waals surface area contributed by atoms with Gasteiger partial charge in [-0.3, -0.25) is 4.79 Å². The molecule has 6 heteroatoms. The molecular weight excluding hydrogens is 311 g/mol. The maximum absolute atomic E-state index is 13.0. The van der Waals surface area contributed by atoms with Gasteiger partial charge < -0.3 is 19.7 Å². The second-order valence-corrected chi connectivity index (χ2v) is 6.61. The van der Waals surface area contributed by atoms with Gasteiger partial charge in [-0.15, -0.1) is 0 Å². The average Bonchev–Trinajstić information content (AvgIpc) is 2.62. The zero-order chi connectivity index (χ0) is 17.1. The molecule has 0 aromatic heterocycles. The minimum atomic E-state index is -1.10. The van der Waals surface area contributed by atoms with Crippen molar-refractivity contribution in [3.05, 3.63) is 30.1 Å². The first-order chi connectivity index (χ1) is 11.6. The fourth-order valence-electron chi connectivity index (χ4n) is 3.78. The minimum absolute atomic E-state index is 0.0531. The quantitative estimate of drug-likeness (QED) is 0.829. The van der Waals surface area contributed by atoms with Crippen LogP contribution in [0.5, 0.6) is 0 Å². The van der Waals surface area contributed by atoms with E-state index in [2.05, 4.69) is 4.90 Å². The van der Waals surface area contributed by atoms with Crippen LogP contribution in [0.3, 0.4) is 0 Å². The molecule has 1 heterocycles. The summed E-state index contributed by atoms with van der Waals surface area (Å²) in [5.41, 5.74) is 0.939. The number of carboxylic acids is 1. The van der Waals surface area contributed by atoms with E-state index >= 15 is 0 Å². The summed E-state index contributed by atoms with van der Waals surface area (Å²) >= 11 is 0. The van der Waals surface area contributed by atoms with Crippen LogP contribution in [0.1, 0.15) is 25.7 Å². The largest absolute Gasteiger partial charge is 0.550 e. The molecule has 1 amide bonds. The number of benzene rings is 1. The summed E-state index contributed by atoms with van der Waals surface area (Å²) in [6, 6.07) is 6.33. The van der Waals surface area contributed by atoms with Crippen LogP contribution in [-0.4, -0.2) is 43.0 Å². The van der Waals surface area contributed by atoms with Crippen molar-refractivity contribution in [2.45, 2.75) is 25.7 Å². The summed E-state index contributed by atoms with van der Waals surface area (Å²) in [7, 11) is 0. The molecule has 0 bridgehead atoms. The molecule has 130 valence electrons. The third kappa shape index (κ3) is 3.52. The molecule has 3 rings (SSSR count). The zero-order valence-electron chi connectivity index (χ0n) is 13.6. The van der Waals surface area contributed by atoms with Gasteiger partial charge in [-0.05, 0) is 37.1 Å². The number of rotatable bonds is 3. The van der Waals surface area contributed by atoms with Gasteiger partial charge in [-0.1, -0.05) is 12.8 Å². The van der Waals surface area contributed by atoms with Crippen LogP contribution in [0, 0.1) is 17.7 Å². The molecular formula is C18H22FN2O3-. The summed E-state index contributed by atoms with van der Waals surface area (Å²) in [6.07, 6.45) is 2.92. The Bertz CT molecular complexity index is 597. The highest BCUT2D eigenvalue weighted by Crippen LogP contribution is 2.31. The summed E-state index contributed by atoms with van der Waals surface area (Å²) < 4.78 is 13.0. The van der Waals surface area contributed by atoms with Crippen molar-refractivity contribution in [2.24, 2.45) is 11.8 Å². The number of halogens is 1. The van der Waals surface area contributed by atoms with E-state index < -0.39 is 17.8 Å². The van der Waals surface area contributed by atoms with Gasteiger partial charge in [0.25, 0.3) is 0 Å². The lowest BCUT2D eigenvalue weighted by Gasteiger charge is -2.40. The van der Waals surface area contributed by atoms with Gasteiger partial charge in [0, 0.05) is 49.7 Å². The molecule has 24 heavy (non-hydrogen) atoms. The highest BCUT2D eigenvalue weighted by atomic mass is 19.1. The first-order valence-corrected chi connectivity index (χ1v) is 8.56.